The number of anilines is 2. The van der Waals surface area contributed by atoms with Gasteiger partial charge in [-0.3, -0.25) is 9.35 Å². The molecule has 10 nitrogen and oxygen atoms in total. The van der Waals surface area contributed by atoms with Crippen molar-refractivity contribution < 1.29 is 37.5 Å². The number of hydrogen-bond donors (Lipinski definition) is 5. The third kappa shape index (κ3) is 4.23. The number of rotatable bonds is 6. The van der Waals surface area contributed by atoms with Gasteiger partial charge in [0, 0.05) is 32.8 Å². The van der Waals surface area contributed by atoms with Gasteiger partial charge in [0.05, 0.1) is 34.1 Å². The monoisotopic (exact) mass is 558 g/mol. The van der Waals surface area contributed by atoms with Crippen LogP contribution < -0.4 is 10.6 Å². The zero-order valence-corrected chi connectivity index (χ0v) is 22.5. The van der Waals surface area contributed by atoms with Crippen molar-refractivity contribution in [1.82, 2.24) is 0 Å². The number of ketones is 1. The van der Waals surface area contributed by atoms with E-state index in [0.29, 0.717) is 16.1 Å². The zero-order valence-electron chi connectivity index (χ0n) is 20.9. The molecule has 1 unspecified atom stereocenters. The summed E-state index contributed by atoms with van der Waals surface area (Å²) in [5.74, 6) is -0.423. The average molecular weight is 559 g/mol. The van der Waals surface area contributed by atoms with E-state index in [4.69, 9.17) is 5.26 Å². The van der Waals surface area contributed by atoms with Crippen molar-refractivity contribution in [2.24, 2.45) is 0 Å². The van der Waals surface area contributed by atoms with E-state index < -0.39 is 27.0 Å². The molecule has 3 aliphatic rings. The van der Waals surface area contributed by atoms with Crippen LogP contribution in [0.25, 0.3) is 0 Å². The van der Waals surface area contributed by atoms with Crippen molar-refractivity contribution in [2.45, 2.75) is 54.4 Å². The molecule has 12 heteroatoms. The zero-order chi connectivity index (χ0) is 27.6. The van der Waals surface area contributed by atoms with Crippen molar-refractivity contribution >= 4 is 39.3 Å². The number of carbonyl (C=O) groups is 1. The average Bonchev–Trinajstić information content (AvgIpc) is 3.26. The molecule has 1 aliphatic carbocycles. The summed E-state index contributed by atoms with van der Waals surface area (Å²) >= 11 is 0.853. The van der Waals surface area contributed by atoms with Crippen LogP contribution in [-0.4, -0.2) is 35.2 Å². The molecular formula is C26H26N2O8S2. The second kappa shape index (κ2) is 8.97. The minimum absolute atomic E-state index is 0.118. The minimum Gasteiger partial charge on any atom is -0.506 e. The van der Waals surface area contributed by atoms with Crippen molar-refractivity contribution in [1.29, 1.82) is 0 Å². The molecule has 0 amide bonds. The summed E-state index contributed by atoms with van der Waals surface area (Å²) in [7, 11) is -4.36. The Morgan fingerprint density at radius 2 is 1.76 bits per heavy atom. The van der Waals surface area contributed by atoms with Gasteiger partial charge < -0.3 is 15.7 Å². The second-order valence-corrected chi connectivity index (χ2v) is 12.6. The van der Waals surface area contributed by atoms with Crippen LogP contribution in [0.15, 0.2) is 80.9 Å². The lowest BCUT2D eigenvalue weighted by Gasteiger charge is -2.28. The van der Waals surface area contributed by atoms with Gasteiger partial charge >= 0.3 is 0 Å². The maximum Gasteiger partial charge on any atom is 0.294 e. The summed E-state index contributed by atoms with van der Waals surface area (Å²) in [6.45, 7) is 7.74. The van der Waals surface area contributed by atoms with E-state index in [1.807, 2.05) is 39.8 Å². The van der Waals surface area contributed by atoms with E-state index >= 15 is 0 Å². The van der Waals surface area contributed by atoms with E-state index in [1.165, 1.54) is 12.1 Å². The second-order valence-electron chi connectivity index (χ2n) is 10.4. The number of benzene rings is 2. The molecule has 0 radical (unpaired) electrons. The van der Waals surface area contributed by atoms with Crippen LogP contribution in [0.3, 0.4) is 0 Å². The van der Waals surface area contributed by atoms with E-state index in [-0.39, 0.29) is 27.6 Å². The molecule has 38 heavy (non-hydrogen) atoms. The highest BCUT2D eigenvalue weighted by atomic mass is 32.2. The Hall–Kier alpha value is -3.13. The quantitative estimate of drug-likeness (QED) is 0.106. The van der Waals surface area contributed by atoms with E-state index in [9.17, 15) is 22.9 Å². The summed E-state index contributed by atoms with van der Waals surface area (Å²) < 4.78 is 37.2. The molecule has 0 aromatic heterocycles. The van der Waals surface area contributed by atoms with E-state index in [1.54, 1.807) is 24.3 Å². The van der Waals surface area contributed by atoms with E-state index in [2.05, 4.69) is 20.0 Å². The molecule has 0 saturated heterocycles. The molecule has 2 heterocycles. The molecule has 0 saturated carbocycles. The van der Waals surface area contributed by atoms with Gasteiger partial charge in [0.25, 0.3) is 10.1 Å². The maximum atomic E-state index is 13.1. The Balaban J connectivity index is 1.42. The highest BCUT2D eigenvalue weighted by Crippen LogP contribution is 2.47. The third-order valence-corrected chi connectivity index (χ3v) is 8.89. The van der Waals surface area contributed by atoms with Gasteiger partial charge in [-0.2, -0.15) is 8.42 Å². The lowest BCUT2D eigenvalue weighted by Crippen LogP contribution is -2.34. The fourth-order valence-electron chi connectivity index (χ4n) is 5.07. The van der Waals surface area contributed by atoms with Gasteiger partial charge in [0.2, 0.25) is 0 Å². The topological polar surface area (TPSA) is 154 Å². The van der Waals surface area contributed by atoms with Crippen LogP contribution in [0.2, 0.25) is 0 Å². The molecule has 0 fully saturated rings. The number of aliphatic hydroxyl groups is 1. The first-order valence-electron chi connectivity index (χ1n) is 11.6. The fraction of sp³-hybridized carbons (Fsp3) is 0.269. The van der Waals surface area contributed by atoms with Gasteiger partial charge in [-0.05, 0) is 59.7 Å². The van der Waals surface area contributed by atoms with Crippen LogP contribution in [0, 0.1) is 0 Å². The smallest absolute Gasteiger partial charge is 0.294 e. The van der Waals surface area contributed by atoms with Gasteiger partial charge in [-0.1, -0.05) is 32.7 Å². The number of allylic oxidation sites excluding steroid dienone is 4. The van der Waals surface area contributed by atoms with Crippen molar-refractivity contribution in [3.8, 4) is 0 Å². The molecule has 2 aliphatic heterocycles. The number of aliphatic hydroxyl groups excluding tert-OH is 1. The standard InChI is InChI=1S/C26H26N2O8S2/c1-25(2)17-9-13(37-36-35-31)5-7-19(17)27-21(25)11-15-23(29)16(24(15)30)12-22-26(3,4)18-10-14(38(32,33)34)6-8-20(18)28-22/h5-12,22,27-29,31H,1-4H3,(H,32,33,34). The van der Waals surface area contributed by atoms with Crippen LogP contribution in [0.4, 0.5) is 11.4 Å². The Morgan fingerprint density at radius 3 is 2.42 bits per heavy atom. The molecule has 200 valence electrons. The third-order valence-electron chi connectivity index (χ3n) is 7.46. The SMILES string of the molecule is CC1(C)C(=CC2=C(O)C(=CC3Nc4ccc(S(=O)(=O)O)cc4C3(C)C)C2=O)Nc2ccc(SOOO)cc21. The minimum atomic E-state index is -4.36. The lowest BCUT2D eigenvalue weighted by molar-refractivity contribution is -0.432. The first kappa shape index (κ1) is 26.5. The van der Waals surface area contributed by atoms with Crippen molar-refractivity contribution in [3.63, 3.8) is 0 Å². The summed E-state index contributed by atoms with van der Waals surface area (Å²) in [6, 6.07) is 9.42. The number of hydrogen-bond acceptors (Lipinski definition) is 10. The first-order valence-corrected chi connectivity index (χ1v) is 13.8. The Morgan fingerprint density at radius 1 is 1.05 bits per heavy atom. The largest absolute Gasteiger partial charge is 0.506 e. The molecule has 1 atom stereocenters. The highest BCUT2D eigenvalue weighted by molar-refractivity contribution is 7.94. The summed E-state index contributed by atoms with van der Waals surface area (Å²) in [5.41, 5.74) is 3.10. The van der Waals surface area contributed by atoms with Crippen LogP contribution in [-0.2, 0) is 35.1 Å². The molecule has 5 N–H and O–H groups in total. The van der Waals surface area contributed by atoms with Gasteiger partial charge in [0.1, 0.15) is 5.76 Å². The predicted octanol–water partition coefficient (Wildman–Crippen LogP) is 5.04. The predicted molar refractivity (Wildman–Crippen MR) is 141 cm³/mol. The van der Waals surface area contributed by atoms with E-state index in [0.717, 1.165) is 29.0 Å². The molecular weight excluding hydrogens is 532 g/mol. The first-order chi connectivity index (χ1) is 17.7. The van der Waals surface area contributed by atoms with Crippen molar-refractivity contribution in [2.75, 3.05) is 10.6 Å². The summed E-state index contributed by atoms with van der Waals surface area (Å²) in [5, 5.41) is 29.5. The van der Waals surface area contributed by atoms with Gasteiger partial charge in [0.15, 0.2) is 5.78 Å². The Kier molecular flexibility index (Phi) is 6.25. The molecule has 2 aromatic carbocycles. The Labute approximate surface area is 223 Å². The van der Waals surface area contributed by atoms with Crippen LogP contribution in [0.5, 0.6) is 0 Å². The number of nitrogens with one attached hydrogen (secondary N) is 2. The number of fused-ring (bicyclic) bond motifs is 2. The van der Waals surface area contributed by atoms with Gasteiger partial charge in [-0.25, -0.2) is 5.26 Å². The summed E-state index contributed by atoms with van der Waals surface area (Å²) in [6.07, 6.45) is 3.30. The van der Waals surface area contributed by atoms with Crippen LogP contribution >= 0.6 is 12.0 Å². The van der Waals surface area contributed by atoms with Gasteiger partial charge in [-0.15, -0.1) is 4.33 Å². The number of carbonyl (C=O) groups excluding carboxylic acids is 1. The normalized spacial score (nSPS) is 23.2. The fourth-order valence-corrected chi connectivity index (χ4v) is 5.97. The Bertz CT molecular complexity index is 1570. The highest BCUT2D eigenvalue weighted by Gasteiger charge is 2.43. The molecule has 5 rings (SSSR count). The number of Topliss-reactive ketones (excluding diaryl/α,β-unsaturated/α-hetero) is 1. The summed E-state index contributed by atoms with van der Waals surface area (Å²) in [4.78, 5) is 13.6. The van der Waals surface area contributed by atoms with Crippen LogP contribution in [0.1, 0.15) is 38.8 Å². The van der Waals surface area contributed by atoms with Crippen molar-refractivity contribution in [3.05, 3.63) is 82.3 Å². The lowest BCUT2D eigenvalue weighted by atomic mass is 9.77. The molecule has 0 spiro atoms. The molecule has 0 bridgehead atoms. The maximum absolute atomic E-state index is 13.1. The molecule has 2 aromatic rings.